The smallest absolute Gasteiger partial charge is 0.212 e. The van der Waals surface area contributed by atoms with Crippen LogP contribution < -0.4 is 0 Å². The molecule has 0 saturated heterocycles. The minimum atomic E-state index is -0.513. The van der Waals surface area contributed by atoms with Gasteiger partial charge in [0, 0.05) is 18.0 Å². The van der Waals surface area contributed by atoms with Gasteiger partial charge < -0.3 is 0 Å². The van der Waals surface area contributed by atoms with E-state index < -0.39 is 5.95 Å². The topological polar surface area (TPSA) is 51.6 Å². The van der Waals surface area contributed by atoms with Crippen LogP contribution in [0.2, 0.25) is 0 Å². The number of hydrogen-bond acceptors (Lipinski definition) is 4. The van der Waals surface area contributed by atoms with Gasteiger partial charge in [0.2, 0.25) is 5.95 Å². The average molecular weight is 226 g/mol. The van der Waals surface area contributed by atoms with E-state index >= 15 is 0 Å². The normalized spacial score (nSPS) is 10.6. The SMILES string of the molecule is Fc1ccc(-c2cnc3cccnc3n2)cn1. The summed E-state index contributed by atoms with van der Waals surface area (Å²) in [7, 11) is 0. The number of nitrogens with zero attached hydrogens (tertiary/aromatic N) is 4. The lowest BCUT2D eigenvalue weighted by atomic mass is 10.2. The zero-order chi connectivity index (χ0) is 11.7. The number of fused-ring (bicyclic) bond motifs is 1. The Morgan fingerprint density at radius 2 is 1.88 bits per heavy atom. The highest BCUT2D eigenvalue weighted by Gasteiger charge is 2.03. The first-order valence-electron chi connectivity index (χ1n) is 5.02. The second-order valence-corrected chi connectivity index (χ2v) is 3.47. The molecule has 4 nitrogen and oxygen atoms in total. The Morgan fingerprint density at radius 1 is 0.941 bits per heavy atom. The highest BCUT2D eigenvalue weighted by molar-refractivity contribution is 5.72. The van der Waals surface area contributed by atoms with Crippen LogP contribution in [0.1, 0.15) is 0 Å². The Labute approximate surface area is 96.2 Å². The molecule has 0 aliphatic carbocycles. The van der Waals surface area contributed by atoms with Crippen LogP contribution in [0.25, 0.3) is 22.4 Å². The first kappa shape index (κ1) is 9.77. The number of aromatic nitrogens is 4. The second-order valence-electron chi connectivity index (χ2n) is 3.47. The molecule has 0 amide bonds. The summed E-state index contributed by atoms with van der Waals surface area (Å²) in [6.45, 7) is 0. The van der Waals surface area contributed by atoms with E-state index in [0.29, 0.717) is 16.9 Å². The molecular formula is C12H7FN4. The fourth-order valence-electron chi connectivity index (χ4n) is 1.52. The number of hydrogen-bond donors (Lipinski definition) is 0. The van der Waals surface area contributed by atoms with Gasteiger partial charge in [-0.3, -0.25) is 4.98 Å². The monoisotopic (exact) mass is 226 g/mol. The lowest BCUT2D eigenvalue weighted by Gasteiger charge is -2.01. The third kappa shape index (κ3) is 1.82. The van der Waals surface area contributed by atoms with E-state index in [2.05, 4.69) is 19.9 Å². The summed E-state index contributed by atoms with van der Waals surface area (Å²) in [5.41, 5.74) is 2.63. The molecule has 3 aromatic rings. The summed E-state index contributed by atoms with van der Waals surface area (Å²) in [6, 6.07) is 6.54. The van der Waals surface area contributed by atoms with E-state index in [4.69, 9.17) is 0 Å². The van der Waals surface area contributed by atoms with Gasteiger partial charge >= 0.3 is 0 Å². The highest BCUT2D eigenvalue weighted by atomic mass is 19.1. The molecule has 0 aliphatic rings. The number of pyridine rings is 2. The second kappa shape index (κ2) is 3.86. The van der Waals surface area contributed by atoms with E-state index in [1.807, 2.05) is 6.07 Å². The van der Waals surface area contributed by atoms with Crippen molar-refractivity contribution < 1.29 is 4.39 Å². The zero-order valence-corrected chi connectivity index (χ0v) is 8.71. The molecule has 0 N–H and O–H groups in total. The lowest BCUT2D eigenvalue weighted by Crippen LogP contribution is -1.91. The molecule has 0 fully saturated rings. The van der Waals surface area contributed by atoms with Crippen LogP contribution in [-0.4, -0.2) is 19.9 Å². The maximum atomic E-state index is 12.7. The van der Waals surface area contributed by atoms with Crippen molar-refractivity contribution in [2.45, 2.75) is 0 Å². The van der Waals surface area contributed by atoms with Gasteiger partial charge in [0.25, 0.3) is 0 Å². The molecule has 0 aromatic carbocycles. The van der Waals surface area contributed by atoms with Gasteiger partial charge in [-0.15, -0.1) is 0 Å². The van der Waals surface area contributed by atoms with Gasteiger partial charge in [-0.2, -0.15) is 4.39 Å². The Hall–Kier alpha value is -2.43. The van der Waals surface area contributed by atoms with Gasteiger partial charge in [0.15, 0.2) is 5.65 Å². The minimum Gasteiger partial charge on any atom is -0.251 e. The fourth-order valence-corrected chi connectivity index (χ4v) is 1.52. The molecule has 0 bridgehead atoms. The molecule has 3 aromatic heterocycles. The third-order valence-corrected chi connectivity index (χ3v) is 2.34. The lowest BCUT2D eigenvalue weighted by molar-refractivity contribution is 0.584. The summed E-state index contributed by atoms with van der Waals surface area (Å²) in [6.07, 6.45) is 4.71. The molecule has 0 unspecified atom stereocenters. The van der Waals surface area contributed by atoms with Crippen LogP contribution in [0.4, 0.5) is 4.39 Å². The molecule has 0 saturated carbocycles. The standard InChI is InChI=1S/C12H7FN4/c13-11-4-3-8(6-16-11)10-7-15-9-2-1-5-14-12(9)17-10/h1-7H. The molecular weight excluding hydrogens is 219 g/mol. The van der Waals surface area contributed by atoms with Crippen molar-refractivity contribution in [1.29, 1.82) is 0 Å². The molecule has 0 spiro atoms. The molecule has 82 valence electrons. The Morgan fingerprint density at radius 3 is 2.71 bits per heavy atom. The molecule has 3 rings (SSSR count). The largest absolute Gasteiger partial charge is 0.251 e. The first-order valence-corrected chi connectivity index (χ1v) is 5.02. The Kier molecular flexibility index (Phi) is 2.22. The van der Waals surface area contributed by atoms with Crippen LogP contribution in [0.3, 0.4) is 0 Å². The van der Waals surface area contributed by atoms with Crippen molar-refractivity contribution in [3.63, 3.8) is 0 Å². The molecule has 0 aliphatic heterocycles. The molecule has 0 radical (unpaired) electrons. The van der Waals surface area contributed by atoms with Gasteiger partial charge in [-0.1, -0.05) is 0 Å². The molecule has 0 atom stereocenters. The van der Waals surface area contributed by atoms with Crippen molar-refractivity contribution in [2.75, 3.05) is 0 Å². The van der Waals surface area contributed by atoms with E-state index in [9.17, 15) is 4.39 Å². The first-order chi connectivity index (χ1) is 8.33. The summed E-state index contributed by atoms with van der Waals surface area (Å²) in [5.74, 6) is -0.513. The Balaban J connectivity index is 2.14. The van der Waals surface area contributed by atoms with Gasteiger partial charge in [-0.05, 0) is 24.3 Å². The predicted octanol–water partition coefficient (Wildman–Crippen LogP) is 2.23. The van der Waals surface area contributed by atoms with Gasteiger partial charge in [-0.25, -0.2) is 15.0 Å². The van der Waals surface area contributed by atoms with Crippen molar-refractivity contribution in [1.82, 2.24) is 19.9 Å². The fraction of sp³-hybridized carbons (Fsp3) is 0. The van der Waals surface area contributed by atoms with Crippen LogP contribution in [0.15, 0.2) is 42.9 Å². The quantitative estimate of drug-likeness (QED) is 0.597. The van der Waals surface area contributed by atoms with E-state index in [1.165, 1.54) is 12.3 Å². The van der Waals surface area contributed by atoms with Crippen molar-refractivity contribution in [3.05, 3.63) is 48.8 Å². The summed E-state index contributed by atoms with van der Waals surface area (Å²) in [4.78, 5) is 16.3. The van der Waals surface area contributed by atoms with E-state index in [0.717, 1.165) is 5.52 Å². The maximum Gasteiger partial charge on any atom is 0.212 e. The van der Waals surface area contributed by atoms with Gasteiger partial charge in [0.05, 0.1) is 11.9 Å². The maximum absolute atomic E-state index is 12.7. The van der Waals surface area contributed by atoms with Crippen LogP contribution >= 0.6 is 0 Å². The number of rotatable bonds is 1. The number of halogens is 1. The predicted molar refractivity (Wildman–Crippen MR) is 60.5 cm³/mol. The van der Waals surface area contributed by atoms with Crippen molar-refractivity contribution >= 4 is 11.2 Å². The van der Waals surface area contributed by atoms with Crippen molar-refractivity contribution in [3.8, 4) is 11.3 Å². The van der Waals surface area contributed by atoms with E-state index in [-0.39, 0.29) is 0 Å². The molecule has 17 heavy (non-hydrogen) atoms. The van der Waals surface area contributed by atoms with Crippen LogP contribution in [0.5, 0.6) is 0 Å². The average Bonchev–Trinajstić information content (AvgIpc) is 2.39. The van der Waals surface area contributed by atoms with Crippen molar-refractivity contribution in [2.24, 2.45) is 0 Å². The van der Waals surface area contributed by atoms with Crippen LogP contribution in [0, 0.1) is 5.95 Å². The molecule has 3 heterocycles. The van der Waals surface area contributed by atoms with E-state index in [1.54, 1.807) is 24.5 Å². The highest BCUT2D eigenvalue weighted by Crippen LogP contribution is 2.16. The summed E-state index contributed by atoms with van der Waals surface area (Å²) < 4.78 is 12.7. The summed E-state index contributed by atoms with van der Waals surface area (Å²) in [5, 5.41) is 0. The molecule has 5 heteroatoms. The van der Waals surface area contributed by atoms with Gasteiger partial charge in [0.1, 0.15) is 5.52 Å². The minimum absolute atomic E-state index is 0.513. The van der Waals surface area contributed by atoms with Crippen LogP contribution in [-0.2, 0) is 0 Å². The third-order valence-electron chi connectivity index (χ3n) is 2.34. The zero-order valence-electron chi connectivity index (χ0n) is 8.71. The Bertz CT molecular complexity index is 667. The summed E-state index contributed by atoms with van der Waals surface area (Å²) >= 11 is 0.